The van der Waals surface area contributed by atoms with Gasteiger partial charge in [0.1, 0.15) is 0 Å². The minimum Gasteiger partial charge on any atom is -0.378 e. The van der Waals surface area contributed by atoms with Crippen LogP contribution in [0.1, 0.15) is 45.4 Å². The van der Waals surface area contributed by atoms with Crippen LogP contribution in [0, 0.1) is 0 Å². The molecule has 2 aliphatic heterocycles. The minimum atomic E-state index is 0.441. The summed E-state index contributed by atoms with van der Waals surface area (Å²) < 4.78 is 5.72. The van der Waals surface area contributed by atoms with Crippen LogP contribution in [0.3, 0.4) is 0 Å². The van der Waals surface area contributed by atoms with Crippen LogP contribution in [-0.4, -0.2) is 74.8 Å². The summed E-state index contributed by atoms with van der Waals surface area (Å²) in [6, 6.07) is 0. The van der Waals surface area contributed by atoms with Gasteiger partial charge in [-0.05, 0) is 45.7 Å². The Kier molecular flexibility index (Phi) is 8.02. The first kappa shape index (κ1) is 17.5. The maximum Gasteiger partial charge on any atom is 0.193 e. The van der Waals surface area contributed by atoms with E-state index < -0.39 is 0 Å². The topological polar surface area (TPSA) is 40.1 Å². The fourth-order valence-electron chi connectivity index (χ4n) is 3.49. The highest BCUT2D eigenvalue weighted by atomic mass is 16.5. The zero-order chi connectivity index (χ0) is 15.6. The second-order valence-electron chi connectivity index (χ2n) is 6.37. The van der Waals surface area contributed by atoms with E-state index in [2.05, 4.69) is 27.0 Å². The number of rotatable bonds is 5. The van der Waals surface area contributed by atoms with E-state index in [-0.39, 0.29) is 0 Å². The van der Waals surface area contributed by atoms with Gasteiger partial charge >= 0.3 is 0 Å². The van der Waals surface area contributed by atoms with Crippen LogP contribution in [0.25, 0.3) is 0 Å². The summed E-state index contributed by atoms with van der Waals surface area (Å²) in [5.41, 5.74) is 0. The van der Waals surface area contributed by atoms with Gasteiger partial charge in [0.2, 0.25) is 0 Å². The van der Waals surface area contributed by atoms with E-state index in [0.717, 1.165) is 51.6 Å². The molecule has 2 heterocycles. The molecule has 22 heavy (non-hydrogen) atoms. The SMILES string of the molecule is CCOC1CCN(C(=NC)NCCN2CCCCCC2)CC1. The van der Waals surface area contributed by atoms with Crippen molar-refractivity contribution in [3.63, 3.8) is 0 Å². The summed E-state index contributed by atoms with van der Waals surface area (Å²) in [5, 5.41) is 3.55. The lowest BCUT2D eigenvalue weighted by Crippen LogP contribution is -2.48. The van der Waals surface area contributed by atoms with E-state index >= 15 is 0 Å². The maximum absolute atomic E-state index is 5.72. The molecular weight excluding hydrogens is 276 g/mol. The largest absolute Gasteiger partial charge is 0.378 e. The first-order chi connectivity index (χ1) is 10.8. The Balaban J connectivity index is 1.67. The van der Waals surface area contributed by atoms with Crippen molar-refractivity contribution in [1.82, 2.24) is 15.1 Å². The minimum absolute atomic E-state index is 0.441. The molecule has 0 aromatic heterocycles. The summed E-state index contributed by atoms with van der Waals surface area (Å²) >= 11 is 0. The van der Waals surface area contributed by atoms with Crippen molar-refractivity contribution in [1.29, 1.82) is 0 Å². The van der Waals surface area contributed by atoms with Crippen molar-refractivity contribution in [2.45, 2.75) is 51.6 Å². The molecule has 0 atom stereocenters. The molecule has 128 valence electrons. The molecule has 2 saturated heterocycles. The van der Waals surface area contributed by atoms with Crippen LogP contribution < -0.4 is 5.32 Å². The number of ether oxygens (including phenoxy) is 1. The molecular formula is C17H34N4O. The fraction of sp³-hybridized carbons (Fsp3) is 0.941. The monoisotopic (exact) mass is 310 g/mol. The number of aliphatic imine (C=N–C) groups is 1. The number of nitrogens with one attached hydrogen (secondary N) is 1. The van der Waals surface area contributed by atoms with Gasteiger partial charge in [-0.1, -0.05) is 12.8 Å². The summed E-state index contributed by atoms with van der Waals surface area (Å²) in [7, 11) is 1.89. The van der Waals surface area contributed by atoms with Crippen molar-refractivity contribution in [3.05, 3.63) is 0 Å². The lowest BCUT2D eigenvalue weighted by Gasteiger charge is -2.34. The average Bonchev–Trinajstić information content (AvgIpc) is 2.82. The normalized spacial score (nSPS) is 22.6. The highest BCUT2D eigenvalue weighted by Crippen LogP contribution is 2.13. The number of nitrogens with zero attached hydrogens (tertiary/aromatic N) is 3. The van der Waals surface area contributed by atoms with Crippen LogP contribution in [0.15, 0.2) is 4.99 Å². The Labute approximate surface area is 136 Å². The molecule has 0 amide bonds. The van der Waals surface area contributed by atoms with Gasteiger partial charge in [0.25, 0.3) is 0 Å². The van der Waals surface area contributed by atoms with Gasteiger partial charge in [0, 0.05) is 39.8 Å². The van der Waals surface area contributed by atoms with Gasteiger partial charge in [-0.15, -0.1) is 0 Å². The van der Waals surface area contributed by atoms with Gasteiger partial charge < -0.3 is 19.9 Å². The molecule has 0 unspecified atom stereocenters. The van der Waals surface area contributed by atoms with Crippen LogP contribution in [-0.2, 0) is 4.74 Å². The van der Waals surface area contributed by atoms with Gasteiger partial charge in [-0.2, -0.15) is 0 Å². The summed E-state index contributed by atoms with van der Waals surface area (Å²) in [6.07, 6.45) is 8.19. The Morgan fingerprint density at radius 1 is 1.09 bits per heavy atom. The Morgan fingerprint density at radius 2 is 1.77 bits per heavy atom. The third-order valence-electron chi connectivity index (χ3n) is 4.77. The van der Waals surface area contributed by atoms with Crippen molar-refractivity contribution in [3.8, 4) is 0 Å². The molecule has 0 saturated carbocycles. The van der Waals surface area contributed by atoms with Crippen molar-refractivity contribution in [2.75, 3.05) is 52.9 Å². The summed E-state index contributed by atoms with van der Waals surface area (Å²) in [6.45, 7) is 9.66. The van der Waals surface area contributed by atoms with Crippen LogP contribution in [0.5, 0.6) is 0 Å². The molecule has 0 bridgehead atoms. The number of guanidine groups is 1. The summed E-state index contributed by atoms with van der Waals surface area (Å²) in [4.78, 5) is 9.42. The predicted molar refractivity (Wildman–Crippen MR) is 92.5 cm³/mol. The van der Waals surface area contributed by atoms with Crippen molar-refractivity contribution in [2.24, 2.45) is 4.99 Å². The van der Waals surface area contributed by atoms with Gasteiger partial charge in [0.05, 0.1) is 6.10 Å². The molecule has 5 heteroatoms. The molecule has 2 fully saturated rings. The van der Waals surface area contributed by atoms with Gasteiger partial charge in [0.15, 0.2) is 5.96 Å². The van der Waals surface area contributed by atoms with Gasteiger partial charge in [-0.3, -0.25) is 4.99 Å². The number of piperidine rings is 1. The second kappa shape index (κ2) is 10.1. The number of hydrogen-bond acceptors (Lipinski definition) is 3. The van der Waals surface area contributed by atoms with E-state index in [1.54, 1.807) is 0 Å². The number of hydrogen-bond donors (Lipinski definition) is 1. The van der Waals surface area contributed by atoms with E-state index in [1.807, 2.05) is 7.05 Å². The quantitative estimate of drug-likeness (QED) is 0.622. The molecule has 1 N–H and O–H groups in total. The third-order valence-corrected chi connectivity index (χ3v) is 4.77. The highest BCUT2D eigenvalue weighted by Gasteiger charge is 2.21. The van der Waals surface area contributed by atoms with E-state index in [1.165, 1.54) is 38.8 Å². The van der Waals surface area contributed by atoms with Crippen molar-refractivity contribution >= 4 is 5.96 Å². The number of likely N-dealkylation sites (tertiary alicyclic amines) is 2. The molecule has 0 aliphatic carbocycles. The molecule has 0 spiro atoms. The molecule has 0 aromatic rings. The van der Waals surface area contributed by atoms with Crippen molar-refractivity contribution < 1.29 is 4.74 Å². The molecule has 0 radical (unpaired) electrons. The van der Waals surface area contributed by atoms with E-state index in [4.69, 9.17) is 4.74 Å². The smallest absolute Gasteiger partial charge is 0.193 e. The molecule has 2 aliphatic rings. The first-order valence-corrected chi connectivity index (χ1v) is 9.13. The average molecular weight is 310 g/mol. The molecule has 5 nitrogen and oxygen atoms in total. The zero-order valence-corrected chi connectivity index (χ0v) is 14.5. The van der Waals surface area contributed by atoms with Crippen LogP contribution >= 0.6 is 0 Å². The predicted octanol–water partition coefficient (Wildman–Crippen LogP) is 1.94. The lowest BCUT2D eigenvalue weighted by molar-refractivity contribution is 0.0263. The van der Waals surface area contributed by atoms with E-state index in [0.29, 0.717) is 6.10 Å². The second-order valence-corrected chi connectivity index (χ2v) is 6.37. The van der Waals surface area contributed by atoms with Gasteiger partial charge in [-0.25, -0.2) is 0 Å². The third kappa shape index (κ3) is 5.76. The maximum atomic E-state index is 5.72. The fourth-order valence-corrected chi connectivity index (χ4v) is 3.49. The highest BCUT2D eigenvalue weighted by molar-refractivity contribution is 5.79. The van der Waals surface area contributed by atoms with Crippen LogP contribution in [0.2, 0.25) is 0 Å². The van der Waals surface area contributed by atoms with E-state index in [9.17, 15) is 0 Å². The van der Waals surface area contributed by atoms with Crippen LogP contribution in [0.4, 0.5) is 0 Å². The summed E-state index contributed by atoms with van der Waals surface area (Å²) in [5.74, 6) is 1.06. The lowest BCUT2D eigenvalue weighted by atomic mass is 10.1. The Morgan fingerprint density at radius 3 is 2.36 bits per heavy atom. The first-order valence-electron chi connectivity index (χ1n) is 9.13. The standard InChI is InChI=1S/C17H34N4O/c1-3-22-16-8-13-21(14-9-16)17(18-2)19-10-15-20-11-6-4-5-7-12-20/h16H,3-15H2,1-2H3,(H,18,19). The zero-order valence-electron chi connectivity index (χ0n) is 14.5. The Bertz CT molecular complexity index is 319. The molecule has 0 aromatic carbocycles. The Hall–Kier alpha value is -0.810. The molecule has 2 rings (SSSR count).